The standard InChI is InChI=1S/C19H27N3O3/c1-13(23)22-11-5-6-15(12-22)18(25)21-20-17(24)14-7-9-16(10-8-14)19(2,3)4/h7-10,15H,5-6,11-12H2,1-4H3,(H,20,24)(H,21,25)/t15-/m1/s1. The van der Waals surface area contributed by atoms with E-state index >= 15 is 0 Å². The molecule has 0 aromatic heterocycles. The van der Waals surface area contributed by atoms with Gasteiger partial charge in [0.15, 0.2) is 0 Å². The zero-order chi connectivity index (χ0) is 18.6. The SMILES string of the molecule is CC(=O)N1CCC[C@@H](C(=O)NNC(=O)c2ccc(C(C)(C)C)cc2)C1. The van der Waals surface area contributed by atoms with Crippen LogP contribution >= 0.6 is 0 Å². The summed E-state index contributed by atoms with van der Waals surface area (Å²) in [5.74, 6) is -0.930. The Labute approximate surface area is 148 Å². The number of carbonyl (C=O) groups excluding carboxylic acids is 3. The summed E-state index contributed by atoms with van der Waals surface area (Å²) in [7, 11) is 0. The van der Waals surface area contributed by atoms with E-state index in [-0.39, 0.29) is 29.1 Å². The zero-order valence-electron chi connectivity index (χ0n) is 15.4. The third kappa shape index (κ3) is 5.05. The van der Waals surface area contributed by atoms with Crippen molar-refractivity contribution in [3.05, 3.63) is 35.4 Å². The highest BCUT2D eigenvalue weighted by molar-refractivity contribution is 5.95. The van der Waals surface area contributed by atoms with Crippen LogP contribution in [0.5, 0.6) is 0 Å². The van der Waals surface area contributed by atoms with Gasteiger partial charge >= 0.3 is 0 Å². The number of hydrogen-bond acceptors (Lipinski definition) is 3. The Morgan fingerprint density at radius 3 is 2.28 bits per heavy atom. The second-order valence-corrected chi connectivity index (χ2v) is 7.57. The number of hydrazine groups is 1. The van der Waals surface area contributed by atoms with E-state index in [1.165, 1.54) is 6.92 Å². The summed E-state index contributed by atoms with van der Waals surface area (Å²) in [6.45, 7) is 8.91. The third-order valence-electron chi connectivity index (χ3n) is 4.55. The average molecular weight is 345 g/mol. The van der Waals surface area contributed by atoms with Gasteiger partial charge in [-0.3, -0.25) is 25.2 Å². The number of likely N-dealkylation sites (tertiary alicyclic amines) is 1. The molecule has 0 bridgehead atoms. The molecular formula is C19H27N3O3. The predicted molar refractivity (Wildman–Crippen MR) is 95.7 cm³/mol. The molecule has 0 spiro atoms. The first-order valence-corrected chi connectivity index (χ1v) is 8.64. The Balaban J connectivity index is 1.89. The molecule has 0 unspecified atom stereocenters. The molecule has 1 aliphatic heterocycles. The Morgan fingerprint density at radius 1 is 1.08 bits per heavy atom. The van der Waals surface area contributed by atoms with E-state index in [0.29, 0.717) is 25.1 Å². The lowest BCUT2D eigenvalue weighted by molar-refractivity contribution is -0.134. The minimum absolute atomic E-state index is 0.0206. The molecule has 0 aliphatic carbocycles. The molecule has 136 valence electrons. The van der Waals surface area contributed by atoms with Crippen LogP contribution in [-0.2, 0) is 15.0 Å². The van der Waals surface area contributed by atoms with Crippen molar-refractivity contribution < 1.29 is 14.4 Å². The van der Waals surface area contributed by atoms with E-state index in [9.17, 15) is 14.4 Å². The predicted octanol–water partition coefficient (Wildman–Crippen LogP) is 2.00. The molecule has 1 aromatic rings. The molecule has 0 radical (unpaired) electrons. The molecule has 0 saturated carbocycles. The molecule has 1 atom stereocenters. The number of carbonyl (C=O) groups is 3. The minimum Gasteiger partial charge on any atom is -0.342 e. The summed E-state index contributed by atoms with van der Waals surface area (Å²) in [5.41, 5.74) is 6.58. The smallest absolute Gasteiger partial charge is 0.269 e. The van der Waals surface area contributed by atoms with Crippen molar-refractivity contribution in [2.75, 3.05) is 13.1 Å². The Bertz CT molecular complexity index is 647. The van der Waals surface area contributed by atoms with Crippen molar-refractivity contribution in [3.8, 4) is 0 Å². The van der Waals surface area contributed by atoms with E-state index in [2.05, 4.69) is 31.6 Å². The van der Waals surface area contributed by atoms with Crippen LogP contribution in [0.15, 0.2) is 24.3 Å². The summed E-state index contributed by atoms with van der Waals surface area (Å²) in [5, 5.41) is 0. The van der Waals surface area contributed by atoms with Crippen molar-refractivity contribution in [1.82, 2.24) is 15.8 Å². The van der Waals surface area contributed by atoms with Crippen molar-refractivity contribution in [3.63, 3.8) is 0 Å². The molecule has 1 saturated heterocycles. The molecule has 2 N–H and O–H groups in total. The van der Waals surface area contributed by atoms with Gasteiger partial charge in [0.05, 0.1) is 5.92 Å². The van der Waals surface area contributed by atoms with Crippen molar-refractivity contribution in [1.29, 1.82) is 0 Å². The highest BCUT2D eigenvalue weighted by atomic mass is 16.2. The van der Waals surface area contributed by atoms with Gasteiger partial charge in [-0.2, -0.15) is 0 Å². The van der Waals surface area contributed by atoms with Gasteiger partial charge in [-0.15, -0.1) is 0 Å². The Kier molecular flexibility index (Phi) is 5.82. The number of hydrogen-bond donors (Lipinski definition) is 2. The fraction of sp³-hybridized carbons (Fsp3) is 0.526. The van der Waals surface area contributed by atoms with Crippen molar-refractivity contribution in [2.45, 2.75) is 46.0 Å². The molecule has 6 heteroatoms. The molecule has 6 nitrogen and oxygen atoms in total. The number of amides is 3. The molecule has 2 rings (SSSR count). The summed E-state index contributed by atoms with van der Waals surface area (Å²) in [6.07, 6.45) is 1.51. The first kappa shape index (κ1) is 19.0. The first-order valence-electron chi connectivity index (χ1n) is 8.64. The Hall–Kier alpha value is -2.37. The van der Waals surface area contributed by atoms with E-state index < -0.39 is 0 Å². The summed E-state index contributed by atoms with van der Waals surface area (Å²) in [4.78, 5) is 37.5. The molecule has 1 aliphatic rings. The highest BCUT2D eigenvalue weighted by Crippen LogP contribution is 2.22. The normalized spacial score (nSPS) is 17.8. The van der Waals surface area contributed by atoms with E-state index in [1.807, 2.05) is 12.1 Å². The number of benzene rings is 1. The first-order chi connectivity index (χ1) is 11.7. The number of rotatable bonds is 2. The Morgan fingerprint density at radius 2 is 1.72 bits per heavy atom. The van der Waals surface area contributed by atoms with Crippen molar-refractivity contribution in [2.24, 2.45) is 5.92 Å². The van der Waals surface area contributed by atoms with E-state index in [4.69, 9.17) is 0 Å². The lowest BCUT2D eigenvalue weighted by Gasteiger charge is -2.31. The maximum atomic E-state index is 12.2. The molecule has 25 heavy (non-hydrogen) atoms. The maximum absolute atomic E-state index is 12.2. The second kappa shape index (κ2) is 7.68. The van der Waals surface area contributed by atoms with Gasteiger partial charge in [-0.25, -0.2) is 0 Å². The molecule has 1 heterocycles. The lowest BCUT2D eigenvalue weighted by atomic mass is 9.87. The van der Waals surface area contributed by atoms with Gasteiger partial charge in [0, 0.05) is 25.6 Å². The van der Waals surface area contributed by atoms with Crippen LogP contribution in [0.2, 0.25) is 0 Å². The minimum atomic E-state index is -0.354. The summed E-state index contributed by atoms with van der Waals surface area (Å²) in [6, 6.07) is 7.34. The van der Waals surface area contributed by atoms with E-state index in [1.54, 1.807) is 17.0 Å². The number of piperidine rings is 1. The lowest BCUT2D eigenvalue weighted by Crippen LogP contribution is -2.49. The summed E-state index contributed by atoms with van der Waals surface area (Å²) >= 11 is 0. The fourth-order valence-electron chi connectivity index (χ4n) is 2.89. The molecule has 1 fully saturated rings. The van der Waals surface area contributed by atoms with Gasteiger partial charge in [-0.1, -0.05) is 32.9 Å². The maximum Gasteiger partial charge on any atom is 0.269 e. The number of nitrogens with zero attached hydrogens (tertiary/aromatic N) is 1. The quantitative estimate of drug-likeness (QED) is 0.805. The van der Waals surface area contributed by atoms with Gasteiger partial charge < -0.3 is 4.90 Å². The second-order valence-electron chi connectivity index (χ2n) is 7.57. The largest absolute Gasteiger partial charge is 0.342 e. The van der Waals surface area contributed by atoms with Crippen LogP contribution in [0.4, 0.5) is 0 Å². The van der Waals surface area contributed by atoms with Crippen LogP contribution in [0.1, 0.15) is 56.5 Å². The summed E-state index contributed by atoms with van der Waals surface area (Å²) < 4.78 is 0. The fourth-order valence-corrected chi connectivity index (χ4v) is 2.89. The number of nitrogens with one attached hydrogen (secondary N) is 2. The average Bonchev–Trinajstić information content (AvgIpc) is 2.58. The third-order valence-corrected chi connectivity index (χ3v) is 4.55. The van der Waals surface area contributed by atoms with Crippen LogP contribution in [0, 0.1) is 5.92 Å². The highest BCUT2D eigenvalue weighted by Gasteiger charge is 2.27. The van der Waals surface area contributed by atoms with Gasteiger partial charge in [0.1, 0.15) is 0 Å². The van der Waals surface area contributed by atoms with Crippen LogP contribution in [-0.4, -0.2) is 35.7 Å². The van der Waals surface area contributed by atoms with E-state index in [0.717, 1.165) is 12.0 Å². The van der Waals surface area contributed by atoms with Crippen LogP contribution in [0.25, 0.3) is 0 Å². The van der Waals surface area contributed by atoms with Gasteiger partial charge in [0.2, 0.25) is 11.8 Å². The topological polar surface area (TPSA) is 78.5 Å². The molecular weight excluding hydrogens is 318 g/mol. The molecule has 1 aromatic carbocycles. The van der Waals surface area contributed by atoms with Crippen molar-refractivity contribution >= 4 is 17.7 Å². The van der Waals surface area contributed by atoms with Crippen LogP contribution < -0.4 is 10.9 Å². The molecule has 3 amide bonds. The zero-order valence-corrected chi connectivity index (χ0v) is 15.4. The monoisotopic (exact) mass is 345 g/mol. The van der Waals surface area contributed by atoms with Gasteiger partial charge in [-0.05, 0) is 36.0 Å². The van der Waals surface area contributed by atoms with Crippen LogP contribution in [0.3, 0.4) is 0 Å². The van der Waals surface area contributed by atoms with Gasteiger partial charge in [0.25, 0.3) is 5.91 Å².